The minimum Gasteiger partial charge on any atom is -0.299 e. The topological polar surface area (TPSA) is 20.3 Å². The molecule has 0 amide bonds. The Morgan fingerprint density at radius 2 is 1.86 bits per heavy atom. The molecule has 3 heteroatoms. The van der Waals surface area contributed by atoms with Gasteiger partial charge in [-0.2, -0.15) is 0 Å². The van der Waals surface area contributed by atoms with Crippen LogP contribution < -0.4 is 0 Å². The summed E-state index contributed by atoms with van der Waals surface area (Å²) in [6.45, 7) is 6.88. The number of benzene rings is 2. The van der Waals surface area contributed by atoms with Crippen LogP contribution in [0.15, 0.2) is 36.4 Å². The molecule has 1 saturated heterocycles. The number of nitrogens with zero attached hydrogens (tertiary/aromatic N) is 1. The number of hydrogen-bond donors (Lipinski definition) is 0. The van der Waals surface area contributed by atoms with Crippen LogP contribution in [0, 0.1) is 18.3 Å². The maximum absolute atomic E-state index is 11.9. The summed E-state index contributed by atoms with van der Waals surface area (Å²) < 4.78 is 0. The van der Waals surface area contributed by atoms with Crippen LogP contribution >= 0.6 is 11.6 Å². The maximum Gasteiger partial charge on any atom is 0.161 e. The fraction of sp³-hybridized carbons (Fsp3) is 0.400. The number of carbonyl (C=O) groups is 1. The number of aryl methyl sites for hydroxylation is 1. The lowest BCUT2D eigenvalue weighted by Gasteiger charge is -2.32. The number of Topliss-reactive ketones (excluding diaryl/α,β-unsaturated/α-hetero) is 1. The van der Waals surface area contributed by atoms with E-state index in [1.165, 1.54) is 24.0 Å². The van der Waals surface area contributed by atoms with E-state index in [0.29, 0.717) is 16.5 Å². The van der Waals surface area contributed by atoms with Crippen molar-refractivity contribution in [2.24, 2.45) is 5.92 Å². The first kappa shape index (κ1) is 20.6. The average Bonchev–Trinajstić information content (AvgIpc) is 2.69. The van der Waals surface area contributed by atoms with Crippen molar-refractivity contribution < 1.29 is 4.79 Å². The fourth-order valence-corrected chi connectivity index (χ4v) is 4.56. The molecule has 0 saturated carbocycles. The molecule has 0 spiro atoms. The molecule has 0 atom stereocenters. The molecule has 2 nitrogen and oxygen atoms in total. The smallest absolute Gasteiger partial charge is 0.161 e. The monoisotopic (exact) mass is 393 g/mol. The van der Waals surface area contributed by atoms with Gasteiger partial charge in [-0.15, -0.1) is 6.42 Å². The second-order valence-electron chi connectivity index (χ2n) is 7.79. The van der Waals surface area contributed by atoms with Crippen LogP contribution in [0.3, 0.4) is 0 Å². The van der Waals surface area contributed by atoms with Crippen LogP contribution in [0.25, 0.3) is 0 Å². The number of likely N-dealkylation sites (tertiary alicyclic amines) is 1. The number of piperidine rings is 1. The zero-order chi connectivity index (χ0) is 20.1. The van der Waals surface area contributed by atoms with Gasteiger partial charge in [-0.3, -0.25) is 9.69 Å². The van der Waals surface area contributed by atoms with E-state index in [1.54, 1.807) is 6.92 Å². The molecule has 2 aromatic carbocycles. The minimum absolute atomic E-state index is 0.0528. The van der Waals surface area contributed by atoms with Gasteiger partial charge in [0.15, 0.2) is 5.78 Å². The highest BCUT2D eigenvalue weighted by atomic mass is 35.5. The van der Waals surface area contributed by atoms with Gasteiger partial charge in [-0.25, -0.2) is 0 Å². The highest BCUT2D eigenvalue weighted by molar-refractivity contribution is 6.34. The first-order chi connectivity index (χ1) is 13.5. The molecule has 146 valence electrons. The van der Waals surface area contributed by atoms with Crippen LogP contribution in [0.4, 0.5) is 0 Å². The lowest BCUT2D eigenvalue weighted by Crippen LogP contribution is -2.33. The molecular formula is C25H28ClNO. The third-order valence-corrected chi connectivity index (χ3v) is 6.02. The number of terminal acetylenes is 1. The van der Waals surface area contributed by atoms with Crippen molar-refractivity contribution in [3.05, 3.63) is 69.2 Å². The molecule has 1 aliphatic rings. The number of rotatable bonds is 6. The van der Waals surface area contributed by atoms with Gasteiger partial charge in [0, 0.05) is 17.7 Å². The van der Waals surface area contributed by atoms with E-state index in [0.717, 1.165) is 43.6 Å². The summed E-state index contributed by atoms with van der Waals surface area (Å²) in [6, 6.07) is 12.5. The molecule has 3 rings (SSSR count). The molecule has 2 aromatic rings. The highest BCUT2D eigenvalue weighted by Crippen LogP contribution is 2.28. The van der Waals surface area contributed by atoms with Gasteiger partial charge in [0.2, 0.25) is 0 Å². The summed E-state index contributed by atoms with van der Waals surface area (Å²) in [6.07, 6.45) is 9.68. The number of halogens is 1. The van der Waals surface area contributed by atoms with Gasteiger partial charge in [0.1, 0.15) is 0 Å². The normalized spacial score (nSPS) is 15.4. The van der Waals surface area contributed by atoms with Crippen molar-refractivity contribution in [1.29, 1.82) is 0 Å². The Labute approximate surface area is 173 Å². The Bertz CT molecular complexity index is 871. The third-order valence-electron chi connectivity index (χ3n) is 5.72. The fourth-order valence-electron chi connectivity index (χ4n) is 4.16. The standard InChI is InChI=1S/C25H28ClNO/c1-4-19-6-8-21(9-7-19)17-27-12-10-20(11-13-27)14-22-15-23(5-2)25(18(3)28)24(26)16-22/h1,6-9,15-16,20H,5,10-14,17H2,2-3H3. The van der Waals surface area contributed by atoms with E-state index in [1.807, 2.05) is 18.2 Å². The first-order valence-corrected chi connectivity index (χ1v) is 10.5. The molecule has 0 unspecified atom stereocenters. The molecule has 1 heterocycles. The zero-order valence-corrected chi connectivity index (χ0v) is 17.6. The lowest BCUT2D eigenvalue weighted by atomic mass is 9.88. The van der Waals surface area contributed by atoms with Crippen molar-refractivity contribution >= 4 is 17.4 Å². The first-order valence-electron chi connectivity index (χ1n) is 10.1. The predicted molar refractivity (Wildman–Crippen MR) is 117 cm³/mol. The van der Waals surface area contributed by atoms with E-state index < -0.39 is 0 Å². The van der Waals surface area contributed by atoms with Crippen LogP contribution in [0.5, 0.6) is 0 Å². The predicted octanol–water partition coefficient (Wildman–Crippen LogP) is 5.54. The highest BCUT2D eigenvalue weighted by Gasteiger charge is 2.21. The third kappa shape index (κ3) is 5.04. The van der Waals surface area contributed by atoms with Crippen molar-refractivity contribution in [3.63, 3.8) is 0 Å². The van der Waals surface area contributed by atoms with Gasteiger partial charge in [-0.1, -0.05) is 42.6 Å². The second kappa shape index (κ2) is 9.41. The van der Waals surface area contributed by atoms with Gasteiger partial charge >= 0.3 is 0 Å². The van der Waals surface area contributed by atoms with Crippen molar-refractivity contribution in [3.8, 4) is 12.3 Å². The second-order valence-corrected chi connectivity index (χ2v) is 8.19. The molecule has 1 aliphatic heterocycles. The van der Waals surface area contributed by atoms with Gasteiger partial charge in [0.25, 0.3) is 0 Å². The van der Waals surface area contributed by atoms with E-state index in [9.17, 15) is 4.79 Å². The summed E-state index contributed by atoms with van der Waals surface area (Å²) in [7, 11) is 0. The molecule has 0 aromatic heterocycles. The summed E-state index contributed by atoms with van der Waals surface area (Å²) in [5, 5.41) is 0.606. The van der Waals surface area contributed by atoms with Crippen LogP contribution in [-0.2, 0) is 19.4 Å². The van der Waals surface area contributed by atoms with Crippen LogP contribution in [0.1, 0.15) is 59.3 Å². The number of ketones is 1. The van der Waals surface area contributed by atoms with Crippen LogP contribution in [0.2, 0.25) is 5.02 Å². The lowest BCUT2D eigenvalue weighted by molar-refractivity contribution is 0.101. The molecule has 0 N–H and O–H groups in total. The molecule has 0 aliphatic carbocycles. The Balaban J connectivity index is 1.57. The number of carbonyl (C=O) groups excluding carboxylic acids is 1. The van der Waals surface area contributed by atoms with Crippen LogP contribution in [-0.4, -0.2) is 23.8 Å². The Morgan fingerprint density at radius 1 is 1.18 bits per heavy atom. The van der Waals surface area contributed by atoms with Gasteiger partial charge in [0.05, 0.1) is 5.02 Å². The van der Waals surface area contributed by atoms with E-state index >= 15 is 0 Å². The zero-order valence-electron chi connectivity index (χ0n) is 16.8. The maximum atomic E-state index is 11.9. The van der Waals surface area contributed by atoms with Crippen molar-refractivity contribution in [1.82, 2.24) is 4.90 Å². The summed E-state index contributed by atoms with van der Waals surface area (Å²) in [5.74, 6) is 3.39. The van der Waals surface area contributed by atoms with Crippen molar-refractivity contribution in [2.45, 2.75) is 46.1 Å². The van der Waals surface area contributed by atoms with Gasteiger partial charge in [-0.05, 0) is 86.5 Å². The summed E-state index contributed by atoms with van der Waals surface area (Å²) >= 11 is 6.42. The average molecular weight is 394 g/mol. The van der Waals surface area contributed by atoms with E-state index in [2.05, 4.69) is 35.9 Å². The van der Waals surface area contributed by atoms with E-state index in [-0.39, 0.29) is 5.78 Å². The molecule has 0 bridgehead atoms. The molecule has 28 heavy (non-hydrogen) atoms. The molecule has 1 fully saturated rings. The summed E-state index contributed by atoms with van der Waals surface area (Å²) in [4.78, 5) is 14.4. The number of hydrogen-bond acceptors (Lipinski definition) is 2. The molecule has 0 radical (unpaired) electrons. The van der Waals surface area contributed by atoms with Crippen molar-refractivity contribution in [2.75, 3.05) is 13.1 Å². The Kier molecular flexibility index (Phi) is 6.94. The summed E-state index contributed by atoms with van der Waals surface area (Å²) in [5.41, 5.74) is 5.27. The minimum atomic E-state index is 0.0528. The van der Waals surface area contributed by atoms with Gasteiger partial charge < -0.3 is 0 Å². The Morgan fingerprint density at radius 3 is 2.43 bits per heavy atom. The Hall–Kier alpha value is -2.08. The quantitative estimate of drug-likeness (QED) is 0.474. The SMILES string of the molecule is C#Cc1ccc(CN2CCC(Cc3cc(Cl)c(C(C)=O)c(CC)c3)CC2)cc1. The largest absolute Gasteiger partial charge is 0.299 e. The van der Waals surface area contributed by atoms with E-state index in [4.69, 9.17) is 18.0 Å². The molecular weight excluding hydrogens is 366 g/mol.